The van der Waals surface area contributed by atoms with Crippen LogP contribution in [0.15, 0.2) is 47.0 Å². The maximum Gasteiger partial charge on any atom is 0.230 e. The molecule has 0 unspecified atom stereocenters. The molecule has 0 fully saturated rings. The van der Waals surface area contributed by atoms with Gasteiger partial charge in [0.1, 0.15) is 17.6 Å². The second kappa shape index (κ2) is 7.53. The molecule has 142 valence electrons. The van der Waals surface area contributed by atoms with Gasteiger partial charge in [-0.25, -0.2) is 4.98 Å². The van der Waals surface area contributed by atoms with Gasteiger partial charge in [-0.05, 0) is 23.3 Å². The largest absolute Gasteiger partial charge is 0.384 e. The first-order valence-electron chi connectivity index (χ1n) is 8.79. The van der Waals surface area contributed by atoms with Crippen LogP contribution < -0.4 is 11.1 Å². The summed E-state index contributed by atoms with van der Waals surface area (Å²) in [4.78, 5) is 16.3. The van der Waals surface area contributed by atoms with Crippen molar-refractivity contribution in [3.8, 4) is 17.2 Å². The molecule has 0 bridgehead atoms. The average molecular weight is 375 g/mol. The third-order valence-electron chi connectivity index (χ3n) is 4.17. The smallest absolute Gasteiger partial charge is 0.230 e. The van der Waals surface area contributed by atoms with Gasteiger partial charge in [-0.1, -0.05) is 50.2 Å². The summed E-state index contributed by atoms with van der Waals surface area (Å²) < 4.78 is 5.27. The Kier molecular flexibility index (Phi) is 5.14. The maximum atomic E-state index is 12.3. The number of rotatable bonds is 4. The quantitative estimate of drug-likeness (QED) is 0.718. The Bertz CT molecular complexity index is 1040. The summed E-state index contributed by atoms with van der Waals surface area (Å²) in [5, 5.41) is 15.9. The highest BCUT2D eigenvalue weighted by Gasteiger charge is 2.20. The lowest BCUT2D eigenvalue weighted by atomic mass is 9.93. The van der Waals surface area contributed by atoms with Gasteiger partial charge in [0.2, 0.25) is 5.91 Å². The highest BCUT2D eigenvalue weighted by molar-refractivity contribution is 5.91. The van der Waals surface area contributed by atoms with Crippen molar-refractivity contribution in [2.24, 2.45) is 0 Å². The van der Waals surface area contributed by atoms with Gasteiger partial charge in [0.05, 0.1) is 6.42 Å². The van der Waals surface area contributed by atoms with E-state index in [4.69, 9.17) is 10.3 Å². The fourth-order valence-corrected chi connectivity index (χ4v) is 2.65. The van der Waals surface area contributed by atoms with Crippen LogP contribution in [0.3, 0.4) is 0 Å². The van der Waals surface area contributed by atoms with Crippen molar-refractivity contribution in [2.75, 3.05) is 11.1 Å². The van der Waals surface area contributed by atoms with Gasteiger partial charge in [0, 0.05) is 17.0 Å². The van der Waals surface area contributed by atoms with Crippen LogP contribution in [0.5, 0.6) is 0 Å². The Morgan fingerprint density at radius 3 is 2.54 bits per heavy atom. The molecular weight excluding hydrogens is 354 g/mol. The number of benzene rings is 1. The van der Waals surface area contributed by atoms with Crippen molar-refractivity contribution in [2.45, 2.75) is 32.6 Å². The van der Waals surface area contributed by atoms with Gasteiger partial charge in [-0.2, -0.15) is 5.26 Å². The fraction of sp³-hybridized carbons (Fsp3) is 0.238. The van der Waals surface area contributed by atoms with E-state index in [1.54, 1.807) is 18.2 Å². The Morgan fingerprint density at radius 2 is 1.93 bits per heavy atom. The molecule has 7 nitrogen and oxygen atoms in total. The molecule has 28 heavy (non-hydrogen) atoms. The normalized spacial score (nSPS) is 11.1. The number of nitrogen functional groups attached to an aromatic ring is 1. The Hall–Kier alpha value is -3.66. The number of nitrogens with two attached hydrogens (primary N) is 1. The molecule has 0 aliphatic carbocycles. The van der Waals surface area contributed by atoms with Crippen molar-refractivity contribution in [1.29, 1.82) is 5.26 Å². The zero-order valence-electron chi connectivity index (χ0n) is 16.0. The predicted octanol–water partition coefficient (Wildman–Crippen LogP) is 3.67. The lowest BCUT2D eigenvalue weighted by molar-refractivity contribution is -0.115. The van der Waals surface area contributed by atoms with E-state index < -0.39 is 0 Å². The average Bonchev–Trinajstić information content (AvgIpc) is 3.11. The van der Waals surface area contributed by atoms with Crippen LogP contribution in [-0.4, -0.2) is 16.0 Å². The standard InChI is InChI=1S/C21H21N5O2/c1-21(2,3)17-11-19(26-28-17)25-20(27)10-13-4-6-14(7-5-13)15-8-9-18(23)24-16(15)12-22/h4-9,11H,10H2,1-3H3,(H2,23,24)(H,25,26,27). The molecule has 0 saturated carbocycles. The van der Waals surface area contributed by atoms with E-state index in [2.05, 4.69) is 21.5 Å². The highest BCUT2D eigenvalue weighted by atomic mass is 16.5. The van der Waals surface area contributed by atoms with Crippen LogP contribution in [0.4, 0.5) is 11.6 Å². The molecule has 0 spiro atoms. The summed E-state index contributed by atoms with van der Waals surface area (Å²) >= 11 is 0. The lowest BCUT2D eigenvalue weighted by Gasteiger charge is -2.12. The SMILES string of the molecule is CC(C)(C)c1cc(NC(=O)Cc2ccc(-c3ccc(N)nc3C#N)cc2)no1. The van der Waals surface area contributed by atoms with Crippen LogP contribution in [-0.2, 0) is 16.6 Å². The minimum atomic E-state index is -0.187. The van der Waals surface area contributed by atoms with Crippen molar-refractivity contribution in [3.63, 3.8) is 0 Å². The summed E-state index contributed by atoms with van der Waals surface area (Å²) in [6.07, 6.45) is 0.198. The molecule has 2 heterocycles. The van der Waals surface area contributed by atoms with E-state index >= 15 is 0 Å². The number of aromatic nitrogens is 2. The van der Waals surface area contributed by atoms with E-state index in [1.807, 2.05) is 45.0 Å². The second-order valence-electron chi connectivity index (χ2n) is 7.49. The first-order chi connectivity index (χ1) is 13.3. The Balaban J connectivity index is 1.68. The number of carbonyl (C=O) groups is 1. The molecule has 3 rings (SSSR count). The number of anilines is 2. The number of nitrogens with zero attached hydrogens (tertiary/aromatic N) is 3. The van der Waals surface area contributed by atoms with Crippen molar-refractivity contribution >= 4 is 17.5 Å². The van der Waals surface area contributed by atoms with Gasteiger partial charge < -0.3 is 15.6 Å². The van der Waals surface area contributed by atoms with Gasteiger partial charge in [-0.15, -0.1) is 0 Å². The molecular formula is C21H21N5O2. The topological polar surface area (TPSA) is 118 Å². The van der Waals surface area contributed by atoms with Gasteiger partial charge in [-0.3, -0.25) is 4.79 Å². The van der Waals surface area contributed by atoms with Crippen molar-refractivity contribution < 1.29 is 9.32 Å². The summed E-state index contributed by atoms with van der Waals surface area (Å²) in [6.45, 7) is 6.03. The summed E-state index contributed by atoms with van der Waals surface area (Å²) in [7, 11) is 0. The Morgan fingerprint density at radius 1 is 1.21 bits per heavy atom. The number of pyridine rings is 1. The number of carbonyl (C=O) groups excluding carboxylic acids is 1. The van der Waals surface area contributed by atoms with Crippen LogP contribution in [0.1, 0.15) is 37.8 Å². The molecule has 1 aromatic carbocycles. The van der Waals surface area contributed by atoms with Crippen LogP contribution >= 0.6 is 0 Å². The first kappa shape index (κ1) is 19.1. The van der Waals surface area contributed by atoms with E-state index in [0.717, 1.165) is 11.1 Å². The molecule has 0 saturated heterocycles. The van der Waals surface area contributed by atoms with Crippen LogP contribution in [0, 0.1) is 11.3 Å². The molecule has 3 N–H and O–H groups in total. The van der Waals surface area contributed by atoms with E-state index in [0.29, 0.717) is 23.0 Å². The molecule has 0 radical (unpaired) electrons. The van der Waals surface area contributed by atoms with Gasteiger partial charge >= 0.3 is 0 Å². The first-order valence-corrected chi connectivity index (χ1v) is 8.79. The minimum absolute atomic E-state index is 0.176. The van der Waals surface area contributed by atoms with Crippen LogP contribution in [0.25, 0.3) is 11.1 Å². The van der Waals surface area contributed by atoms with Gasteiger partial charge in [0.25, 0.3) is 0 Å². The predicted molar refractivity (Wildman–Crippen MR) is 106 cm³/mol. The number of nitrogens with one attached hydrogen (secondary N) is 1. The van der Waals surface area contributed by atoms with Gasteiger partial charge in [0.15, 0.2) is 11.5 Å². The molecule has 7 heteroatoms. The maximum absolute atomic E-state index is 12.3. The fourth-order valence-electron chi connectivity index (χ4n) is 2.65. The van der Waals surface area contributed by atoms with E-state index in [-0.39, 0.29) is 23.4 Å². The summed E-state index contributed by atoms with van der Waals surface area (Å²) in [6, 6.07) is 14.6. The summed E-state index contributed by atoms with van der Waals surface area (Å²) in [5.41, 5.74) is 8.09. The molecule has 0 atom stereocenters. The molecule has 3 aromatic rings. The minimum Gasteiger partial charge on any atom is -0.384 e. The number of hydrogen-bond donors (Lipinski definition) is 2. The lowest BCUT2D eigenvalue weighted by Crippen LogP contribution is -2.14. The number of amides is 1. The third-order valence-corrected chi connectivity index (χ3v) is 4.17. The van der Waals surface area contributed by atoms with E-state index in [9.17, 15) is 10.1 Å². The van der Waals surface area contributed by atoms with E-state index in [1.165, 1.54) is 0 Å². The second-order valence-corrected chi connectivity index (χ2v) is 7.49. The number of nitriles is 1. The molecule has 0 aliphatic heterocycles. The molecule has 0 aliphatic rings. The monoisotopic (exact) mass is 375 g/mol. The summed E-state index contributed by atoms with van der Waals surface area (Å²) in [5.74, 6) is 1.22. The van der Waals surface area contributed by atoms with Crippen molar-refractivity contribution in [3.05, 3.63) is 59.5 Å². The molecule has 1 amide bonds. The zero-order valence-corrected chi connectivity index (χ0v) is 16.0. The zero-order chi connectivity index (χ0) is 20.3. The number of hydrogen-bond acceptors (Lipinski definition) is 6. The van der Waals surface area contributed by atoms with Crippen LogP contribution in [0.2, 0.25) is 0 Å². The third kappa shape index (κ3) is 4.35. The van der Waals surface area contributed by atoms with Crippen molar-refractivity contribution in [1.82, 2.24) is 10.1 Å². The highest BCUT2D eigenvalue weighted by Crippen LogP contribution is 2.25. The molecule has 2 aromatic heterocycles. The Labute approximate surface area is 163 Å².